The molecular weight excluding hydrogens is 244 g/mol. The first-order chi connectivity index (χ1) is 9.56. The largest absolute Gasteiger partial charge is 0.312 e. The molecule has 1 aliphatic carbocycles. The minimum atomic E-state index is 0.723. The lowest BCUT2D eigenvalue weighted by molar-refractivity contribution is 0.0612. The van der Waals surface area contributed by atoms with Crippen LogP contribution in [-0.2, 0) is 0 Å². The van der Waals surface area contributed by atoms with Crippen molar-refractivity contribution in [3.05, 3.63) is 0 Å². The number of nitrogens with one attached hydrogen (secondary N) is 1. The summed E-state index contributed by atoms with van der Waals surface area (Å²) in [6.07, 6.45) is 8.65. The first kappa shape index (κ1) is 16.3. The van der Waals surface area contributed by atoms with E-state index in [0.29, 0.717) is 0 Å². The first-order valence-corrected chi connectivity index (χ1v) is 9.03. The Balaban J connectivity index is 1.92. The van der Waals surface area contributed by atoms with E-state index < -0.39 is 0 Å². The van der Waals surface area contributed by atoms with Gasteiger partial charge in [-0.15, -0.1) is 0 Å². The fourth-order valence-corrected chi connectivity index (χ4v) is 3.95. The molecule has 2 aliphatic rings. The van der Waals surface area contributed by atoms with Crippen LogP contribution in [0.15, 0.2) is 0 Å². The summed E-state index contributed by atoms with van der Waals surface area (Å²) in [5.74, 6) is 2.47. The van der Waals surface area contributed by atoms with Crippen LogP contribution in [0.3, 0.4) is 0 Å². The summed E-state index contributed by atoms with van der Waals surface area (Å²) in [5, 5.41) is 3.83. The van der Waals surface area contributed by atoms with Crippen molar-refractivity contribution in [2.75, 3.05) is 19.6 Å². The Bertz CT molecular complexity index is 269. The molecule has 1 aliphatic heterocycles. The van der Waals surface area contributed by atoms with Crippen molar-refractivity contribution in [1.82, 2.24) is 10.2 Å². The van der Waals surface area contributed by atoms with Crippen molar-refractivity contribution in [3.63, 3.8) is 0 Å². The van der Waals surface area contributed by atoms with Gasteiger partial charge < -0.3 is 5.32 Å². The molecule has 0 radical (unpaired) electrons. The van der Waals surface area contributed by atoms with Crippen LogP contribution in [0.5, 0.6) is 0 Å². The van der Waals surface area contributed by atoms with Gasteiger partial charge >= 0.3 is 0 Å². The van der Waals surface area contributed by atoms with Crippen LogP contribution >= 0.6 is 0 Å². The number of piperidine rings is 1. The van der Waals surface area contributed by atoms with E-state index in [0.717, 1.165) is 29.8 Å². The van der Waals surface area contributed by atoms with Crippen molar-refractivity contribution < 1.29 is 0 Å². The van der Waals surface area contributed by atoms with Gasteiger partial charge in [0.05, 0.1) is 0 Å². The molecule has 118 valence electrons. The van der Waals surface area contributed by atoms with E-state index in [2.05, 4.69) is 37.9 Å². The molecule has 1 heterocycles. The van der Waals surface area contributed by atoms with E-state index in [-0.39, 0.29) is 0 Å². The van der Waals surface area contributed by atoms with Gasteiger partial charge in [-0.1, -0.05) is 47.0 Å². The third kappa shape index (κ3) is 4.73. The third-order valence-corrected chi connectivity index (χ3v) is 5.36. The second-order valence-corrected chi connectivity index (χ2v) is 7.98. The predicted molar refractivity (Wildman–Crippen MR) is 88.0 cm³/mol. The van der Waals surface area contributed by atoms with Crippen molar-refractivity contribution in [1.29, 1.82) is 0 Å². The summed E-state index contributed by atoms with van der Waals surface area (Å²) in [6, 6.07) is 1.61. The molecule has 0 bridgehead atoms. The highest BCUT2D eigenvalue weighted by Crippen LogP contribution is 2.30. The highest BCUT2D eigenvalue weighted by molar-refractivity contribution is 4.89. The fraction of sp³-hybridized carbons (Fsp3) is 1.00. The number of hydrogen-bond donors (Lipinski definition) is 1. The van der Waals surface area contributed by atoms with Gasteiger partial charge in [0.25, 0.3) is 0 Å². The molecule has 0 aromatic heterocycles. The molecule has 0 aromatic carbocycles. The van der Waals surface area contributed by atoms with E-state index in [4.69, 9.17) is 0 Å². The van der Waals surface area contributed by atoms with Crippen molar-refractivity contribution >= 4 is 0 Å². The van der Waals surface area contributed by atoms with Crippen LogP contribution in [0.4, 0.5) is 0 Å². The molecule has 20 heavy (non-hydrogen) atoms. The minimum absolute atomic E-state index is 0.723. The Labute approximate surface area is 126 Å². The lowest BCUT2D eigenvalue weighted by Gasteiger charge is -2.45. The molecule has 2 unspecified atom stereocenters. The van der Waals surface area contributed by atoms with Crippen molar-refractivity contribution in [2.24, 2.45) is 17.8 Å². The van der Waals surface area contributed by atoms with E-state index in [9.17, 15) is 0 Å². The van der Waals surface area contributed by atoms with Crippen LogP contribution in [-0.4, -0.2) is 36.6 Å². The first-order valence-electron chi connectivity index (χ1n) is 9.03. The molecule has 2 atom stereocenters. The molecule has 2 rings (SSSR count). The SMILES string of the molecule is CC(C)CNC1CC(C(C)C)CN(C2CCCCC2)C1. The summed E-state index contributed by atoms with van der Waals surface area (Å²) in [5.41, 5.74) is 0. The molecule has 2 fully saturated rings. The van der Waals surface area contributed by atoms with Crippen LogP contribution in [0.2, 0.25) is 0 Å². The van der Waals surface area contributed by atoms with Crippen molar-refractivity contribution in [3.8, 4) is 0 Å². The molecule has 1 saturated carbocycles. The molecule has 2 nitrogen and oxygen atoms in total. The summed E-state index contributed by atoms with van der Waals surface area (Å²) in [6.45, 7) is 13.3. The number of nitrogens with zero attached hydrogens (tertiary/aromatic N) is 1. The Kier molecular flexibility index (Phi) is 6.35. The molecule has 1 N–H and O–H groups in total. The van der Waals surface area contributed by atoms with Gasteiger partial charge in [-0.2, -0.15) is 0 Å². The molecule has 2 heteroatoms. The van der Waals surface area contributed by atoms with Crippen molar-refractivity contribution in [2.45, 2.75) is 78.3 Å². The topological polar surface area (TPSA) is 15.3 Å². The maximum Gasteiger partial charge on any atom is 0.0198 e. The van der Waals surface area contributed by atoms with Crippen LogP contribution in [0.1, 0.15) is 66.2 Å². The number of hydrogen-bond acceptors (Lipinski definition) is 2. The maximum absolute atomic E-state index is 3.83. The summed E-state index contributed by atoms with van der Waals surface area (Å²) >= 11 is 0. The monoisotopic (exact) mass is 280 g/mol. The second-order valence-electron chi connectivity index (χ2n) is 7.98. The lowest BCUT2D eigenvalue weighted by Crippen LogP contribution is -2.54. The smallest absolute Gasteiger partial charge is 0.0198 e. The van der Waals surface area contributed by atoms with Crippen LogP contribution in [0.25, 0.3) is 0 Å². The highest BCUT2D eigenvalue weighted by atomic mass is 15.2. The third-order valence-electron chi connectivity index (χ3n) is 5.36. The predicted octanol–water partition coefficient (Wildman–Crippen LogP) is 3.91. The Morgan fingerprint density at radius 3 is 2.30 bits per heavy atom. The highest BCUT2D eigenvalue weighted by Gasteiger charge is 2.32. The number of likely N-dealkylation sites (tertiary alicyclic amines) is 1. The van der Waals surface area contributed by atoms with Gasteiger partial charge in [-0.25, -0.2) is 0 Å². The van der Waals surface area contributed by atoms with Crippen LogP contribution < -0.4 is 5.32 Å². The van der Waals surface area contributed by atoms with Gasteiger partial charge in [-0.3, -0.25) is 4.90 Å². The van der Waals surface area contributed by atoms with E-state index in [1.165, 1.54) is 58.2 Å². The second kappa shape index (κ2) is 7.79. The van der Waals surface area contributed by atoms with Gasteiger partial charge in [0, 0.05) is 25.2 Å². The van der Waals surface area contributed by atoms with Crippen LogP contribution in [0, 0.1) is 17.8 Å². The standard InChI is InChI=1S/C18H36N2/c1-14(2)11-19-17-10-16(15(3)4)12-20(13-17)18-8-6-5-7-9-18/h14-19H,5-13H2,1-4H3. The Morgan fingerprint density at radius 2 is 1.70 bits per heavy atom. The molecule has 1 saturated heterocycles. The normalized spacial score (nSPS) is 30.3. The van der Waals surface area contributed by atoms with Gasteiger partial charge in [-0.05, 0) is 43.6 Å². The maximum atomic E-state index is 3.83. The zero-order valence-electron chi connectivity index (χ0n) is 14.2. The minimum Gasteiger partial charge on any atom is -0.312 e. The quantitative estimate of drug-likeness (QED) is 0.821. The molecular formula is C18H36N2. The van der Waals surface area contributed by atoms with Gasteiger partial charge in [0.1, 0.15) is 0 Å². The van der Waals surface area contributed by atoms with E-state index >= 15 is 0 Å². The van der Waals surface area contributed by atoms with E-state index in [1.807, 2.05) is 0 Å². The lowest BCUT2D eigenvalue weighted by atomic mass is 9.83. The fourth-order valence-electron chi connectivity index (χ4n) is 3.95. The average Bonchev–Trinajstić information content (AvgIpc) is 2.45. The molecule has 0 spiro atoms. The summed E-state index contributed by atoms with van der Waals surface area (Å²) in [7, 11) is 0. The van der Waals surface area contributed by atoms with Gasteiger partial charge in [0.15, 0.2) is 0 Å². The zero-order valence-corrected chi connectivity index (χ0v) is 14.2. The Morgan fingerprint density at radius 1 is 1.00 bits per heavy atom. The molecule has 0 aromatic rings. The summed E-state index contributed by atoms with van der Waals surface area (Å²) in [4.78, 5) is 2.84. The Hall–Kier alpha value is -0.0800. The average molecular weight is 280 g/mol. The van der Waals surface area contributed by atoms with Gasteiger partial charge in [0.2, 0.25) is 0 Å². The molecule has 0 amide bonds. The summed E-state index contributed by atoms with van der Waals surface area (Å²) < 4.78 is 0. The van der Waals surface area contributed by atoms with E-state index in [1.54, 1.807) is 0 Å². The zero-order chi connectivity index (χ0) is 14.5. The number of rotatable bonds is 5.